The molecular weight excluding hydrogens is 262 g/mol. The van der Waals surface area contributed by atoms with Crippen LogP contribution >= 0.6 is 0 Å². The van der Waals surface area contributed by atoms with Crippen molar-refractivity contribution in [2.45, 2.75) is 0 Å². The van der Waals surface area contributed by atoms with Gasteiger partial charge in [0.15, 0.2) is 0 Å². The van der Waals surface area contributed by atoms with Crippen LogP contribution in [0.5, 0.6) is 5.75 Å². The number of aromatic nitrogens is 1. The third-order valence-electron chi connectivity index (χ3n) is 3.13. The Morgan fingerprint density at radius 3 is 2.71 bits per heavy atom. The number of rotatable bonds is 4. The highest BCUT2D eigenvalue weighted by atomic mass is 16.5. The van der Waals surface area contributed by atoms with Crippen molar-refractivity contribution in [2.24, 2.45) is 5.10 Å². The minimum Gasteiger partial charge on any atom is -0.497 e. The van der Waals surface area contributed by atoms with Gasteiger partial charge in [-0.25, -0.2) is 4.98 Å². The van der Waals surface area contributed by atoms with Crippen LogP contribution in [0.2, 0.25) is 0 Å². The molecule has 0 fully saturated rings. The Kier molecular flexibility index (Phi) is 3.78. The molecule has 0 unspecified atom stereocenters. The maximum atomic E-state index is 5.22. The molecule has 0 aliphatic carbocycles. The molecule has 0 spiro atoms. The highest BCUT2D eigenvalue weighted by Crippen LogP contribution is 2.21. The first-order valence-electron chi connectivity index (χ1n) is 6.63. The van der Waals surface area contributed by atoms with Crippen molar-refractivity contribution in [3.63, 3.8) is 0 Å². The fourth-order valence-electron chi connectivity index (χ4n) is 2.05. The Hall–Kier alpha value is -2.88. The topological polar surface area (TPSA) is 46.5 Å². The number of nitrogens with zero attached hydrogens (tertiary/aromatic N) is 2. The van der Waals surface area contributed by atoms with Crippen molar-refractivity contribution >= 4 is 22.8 Å². The van der Waals surface area contributed by atoms with Gasteiger partial charge < -0.3 is 4.74 Å². The zero-order valence-corrected chi connectivity index (χ0v) is 11.7. The van der Waals surface area contributed by atoms with Gasteiger partial charge in [0, 0.05) is 6.20 Å². The lowest BCUT2D eigenvalue weighted by atomic mass is 10.1. The molecule has 1 N–H and O–H groups in total. The minimum atomic E-state index is 0.722. The Morgan fingerprint density at radius 2 is 1.90 bits per heavy atom. The second-order valence-corrected chi connectivity index (χ2v) is 4.56. The summed E-state index contributed by atoms with van der Waals surface area (Å²) < 4.78 is 5.22. The molecule has 0 radical (unpaired) electrons. The number of hydrogen-bond donors (Lipinski definition) is 1. The summed E-state index contributed by atoms with van der Waals surface area (Å²) in [5, 5.41) is 6.48. The average molecular weight is 277 g/mol. The molecule has 0 atom stereocenters. The molecule has 0 bridgehead atoms. The van der Waals surface area contributed by atoms with Crippen molar-refractivity contribution in [2.75, 3.05) is 12.5 Å². The van der Waals surface area contributed by atoms with Gasteiger partial charge in [0.25, 0.3) is 0 Å². The van der Waals surface area contributed by atoms with Crippen LogP contribution in [-0.4, -0.2) is 18.3 Å². The number of benzene rings is 2. The fraction of sp³-hybridized carbons (Fsp3) is 0.0588. The van der Waals surface area contributed by atoms with Crippen molar-refractivity contribution < 1.29 is 4.74 Å². The van der Waals surface area contributed by atoms with E-state index in [0.717, 1.165) is 27.9 Å². The number of nitrogens with one attached hydrogen (secondary N) is 1. The predicted octanol–water partition coefficient (Wildman–Crippen LogP) is 3.69. The van der Waals surface area contributed by atoms with Crippen molar-refractivity contribution in [3.8, 4) is 5.75 Å². The number of pyridine rings is 1. The summed E-state index contributed by atoms with van der Waals surface area (Å²) in [5.41, 5.74) is 3.92. The maximum absolute atomic E-state index is 5.22. The van der Waals surface area contributed by atoms with Crippen LogP contribution in [0.25, 0.3) is 10.8 Å². The summed E-state index contributed by atoms with van der Waals surface area (Å²) in [6, 6.07) is 17.8. The number of ether oxygens (including phenoxy) is 1. The van der Waals surface area contributed by atoms with E-state index in [1.807, 2.05) is 42.5 Å². The molecule has 1 heterocycles. The molecule has 21 heavy (non-hydrogen) atoms. The van der Waals surface area contributed by atoms with E-state index in [-0.39, 0.29) is 0 Å². The van der Waals surface area contributed by atoms with Crippen LogP contribution in [-0.2, 0) is 0 Å². The van der Waals surface area contributed by atoms with Gasteiger partial charge in [-0.2, -0.15) is 5.10 Å². The normalized spacial score (nSPS) is 10.9. The first-order chi connectivity index (χ1) is 10.3. The second kappa shape index (κ2) is 6.05. The van der Waals surface area contributed by atoms with E-state index in [0.29, 0.717) is 0 Å². The van der Waals surface area contributed by atoms with Gasteiger partial charge in [-0.1, -0.05) is 24.3 Å². The smallest absolute Gasteiger partial charge is 0.146 e. The Bertz CT molecular complexity index is 769. The van der Waals surface area contributed by atoms with Crippen LogP contribution < -0.4 is 10.2 Å². The van der Waals surface area contributed by atoms with Gasteiger partial charge in [-0.15, -0.1) is 0 Å². The molecule has 0 saturated heterocycles. The van der Waals surface area contributed by atoms with Gasteiger partial charge in [0.1, 0.15) is 11.6 Å². The Labute approximate surface area is 123 Å². The molecule has 0 aliphatic heterocycles. The van der Waals surface area contributed by atoms with E-state index in [2.05, 4.69) is 27.6 Å². The van der Waals surface area contributed by atoms with Crippen LogP contribution in [0, 0.1) is 0 Å². The van der Waals surface area contributed by atoms with Crippen molar-refractivity contribution in [1.29, 1.82) is 0 Å². The minimum absolute atomic E-state index is 0.722. The third-order valence-corrected chi connectivity index (χ3v) is 3.13. The van der Waals surface area contributed by atoms with Gasteiger partial charge in [0.2, 0.25) is 0 Å². The van der Waals surface area contributed by atoms with Crippen LogP contribution in [0.1, 0.15) is 5.56 Å². The van der Waals surface area contributed by atoms with Crippen molar-refractivity contribution in [3.05, 3.63) is 66.4 Å². The molecule has 4 heteroatoms. The van der Waals surface area contributed by atoms with E-state index in [1.165, 1.54) is 0 Å². The van der Waals surface area contributed by atoms with Gasteiger partial charge in [-0.05, 0) is 46.7 Å². The van der Waals surface area contributed by atoms with Crippen LogP contribution in [0.15, 0.2) is 65.9 Å². The highest BCUT2D eigenvalue weighted by Gasteiger charge is 1.97. The number of hydrogen-bond acceptors (Lipinski definition) is 4. The molecular formula is C17H15N3O. The van der Waals surface area contributed by atoms with E-state index < -0.39 is 0 Å². The third kappa shape index (κ3) is 3.17. The van der Waals surface area contributed by atoms with E-state index in [1.54, 1.807) is 19.5 Å². The number of anilines is 1. The maximum Gasteiger partial charge on any atom is 0.146 e. The highest BCUT2D eigenvalue weighted by molar-refractivity contribution is 5.91. The largest absolute Gasteiger partial charge is 0.497 e. The standard InChI is InChI=1S/C17H15N3O/c1-21-16-8-7-14-10-13(5-6-15(14)11-16)12-19-20-17-4-2-3-9-18-17/h2-12H,1H3,(H,18,20)/b19-12-. The number of fused-ring (bicyclic) bond motifs is 1. The number of methoxy groups -OCH3 is 1. The zero-order valence-electron chi connectivity index (χ0n) is 11.7. The molecule has 2 aromatic carbocycles. The Morgan fingerprint density at radius 1 is 1.05 bits per heavy atom. The second-order valence-electron chi connectivity index (χ2n) is 4.56. The lowest BCUT2D eigenvalue weighted by Gasteiger charge is -2.03. The van der Waals surface area contributed by atoms with E-state index >= 15 is 0 Å². The molecule has 0 saturated carbocycles. The number of hydrazone groups is 1. The van der Waals surface area contributed by atoms with Gasteiger partial charge in [0.05, 0.1) is 13.3 Å². The first-order valence-corrected chi connectivity index (χ1v) is 6.63. The summed E-state index contributed by atoms with van der Waals surface area (Å²) in [7, 11) is 1.67. The SMILES string of the molecule is COc1ccc2cc(/C=N\Nc3ccccn3)ccc2c1. The summed E-state index contributed by atoms with van der Waals surface area (Å²) in [6.07, 6.45) is 3.50. The monoisotopic (exact) mass is 277 g/mol. The first kappa shape index (κ1) is 13.1. The summed E-state index contributed by atoms with van der Waals surface area (Å²) in [5.74, 6) is 1.58. The average Bonchev–Trinajstić information content (AvgIpc) is 2.55. The fourth-order valence-corrected chi connectivity index (χ4v) is 2.05. The van der Waals surface area contributed by atoms with E-state index in [9.17, 15) is 0 Å². The zero-order chi connectivity index (χ0) is 14.5. The lowest BCUT2D eigenvalue weighted by molar-refractivity contribution is 0.415. The molecule has 1 aromatic heterocycles. The molecule has 4 nitrogen and oxygen atoms in total. The predicted molar refractivity (Wildman–Crippen MR) is 86.0 cm³/mol. The Balaban J connectivity index is 1.78. The van der Waals surface area contributed by atoms with Crippen LogP contribution in [0.4, 0.5) is 5.82 Å². The van der Waals surface area contributed by atoms with Crippen molar-refractivity contribution in [1.82, 2.24) is 4.98 Å². The quantitative estimate of drug-likeness (QED) is 0.584. The van der Waals surface area contributed by atoms with Gasteiger partial charge in [-0.3, -0.25) is 5.43 Å². The molecule has 3 aromatic rings. The van der Waals surface area contributed by atoms with E-state index in [4.69, 9.17) is 4.74 Å². The molecule has 104 valence electrons. The lowest BCUT2D eigenvalue weighted by Crippen LogP contribution is -1.92. The summed E-state index contributed by atoms with van der Waals surface area (Å²) in [6.45, 7) is 0. The molecule has 0 aliphatic rings. The molecule has 3 rings (SSSR count). The van der Waals surface area contributed by atoms with Crippen LogP contribution in [0.3, 0.4) is 0 Å². The molecule has 0 amide bonds. The summed E-state index contributed by atoms with van der Waals surface area (Å²) >= 11 is 0. The summed E-state index contributed by atoms with van der Waals surface area (Å²) in [4.78, 5) is 4.14. The van der Waals surface area contributed by atoms with Gasteiger partial charge >= 0.3 is 0 Å².